The topological polar surface area (TPSA) is 39.7 Å². The van der Waals surface area contributed by atoms with E-state index in [1.54, 1.807) is 21.3 Å². The molecule has 1 aromatic rings. The van der Waals surface area contributed by atoms with Crippen LogP contribution in [-0.2, 0) is 0 Å². The fraction of sp³-hybridized carbons (Fsp3) is 0.538. The minimum atomic E-state index is 0.286. The highest BCUT2D eigenvalue weighted by Gasteiger charge is 2.25. The smallest absolute Gasteiger partial charge is 0.203 e. The SMILES string of the molecule is COc1cc(C2NCC(C)S2)cc(OC)c1OC. The van der Waals surface area contributed by atoms with Gasteiger partial charge in [0.2, 0.25) is 5.75 Å². The van der Waals surface area contributed by atoms with Gasteiger partial charge in [0, 0.05) is 11.8 Å². The molecule has 0 spiro atoms. The number of rotatable bonds is 4. The zero-order valence-corrected chi connectivity index (χ0v) is 12.0. The molecule has 1 aromatic carbocycles. The molecule has 100 valence electrons. The predicted octanol–water partition coefficient (Wildman–Crippen LogP) is 2.44. The first-order chi connectivity index (χ1) is 8.69. The van der Waals surface area contributed by atoms with Crippen LogP contribution in [0.1, 0.15) is 17.9 Å². The van der Waals surface area contributed by atoms with Crippen LogP contribution in [0.5, 0.6) is 17.2 Å². The van der Waals surface area contributed by atoms with Crippen molar-refractivity contribution in [3.8, 4) is 17.2 Å². The number of thioether (sulfide) groups is 1. The van der Waals surface area contributed by atoms with E-state index in [1.807, 2.05) is 23.9 Å². The molecule has 1 saturated heterocycles. The molecule has 1 aliphatic heterocycles. The lowest BCUT2D eigenvalue weighted by Gasteiger charge is -2.17. The third-order valence-electron chi connectivity index (χ3n) is 2.95. The van der Waals surface area contributed by atoms with Crippen molar-refractivity contribution in [3.05, 3.63) is 17.7 Å². The van der Waals surface area contributed by atoms with Gasteiger partial charge in [-0.15, -0.1) is 11.8 Å². The Labute approximate surface area is 112 Å². The molecule has 1 N–H and O–H groups in total. The quantitative estimate of drug-likeness (QED) is 0.909. The summed E-state index contributed by atoms with van der Waals surface area (Å²) in [5, 5.41) is 4.38. The Morgan fingerprint density at radius 1 is 1.11 bits per heavy atom. The fourth-order valence-electron chi connectivity index (χ4n) is 2.05. The van der Waals surface area contributed by atoms with Gasteiger partial charge in [0.15, 0.2) is 11.5 Å². The monoisotopic (exact) mass is 269 g/mol. The molecule has 0 amide bonds. The third-order valence-corrected chi connectivity index (χ3v) is 4.29. The van der Waals surface area contributed by atoms with Crippen LogP contribution >= 0.6 is 11.8 Å². The maximum absolute atomic E-state index is 5.36. The maximum atomic E-state index is 5.36. The predicted molar refractivity (Wildman–Crippen MR) is 73.9 cm³/mol. The van der Waals surface area contributed by atoms with Crippen molar-refractivity contribution in [2.24, 2.45) is 0 Å². The fourth-order valence-corrected chi connectivity index (χ4v) is 3.19. The summed E-state index contributed by atoms with van der Waals surface area (Å²) >= 11 is 1.91. The molecule has 18 heavy (non-hydrogen) atoms. The largest absolute Gasteiger partial charge is 0.493 e. The summed E-state index contributed by atoms with van der Waals surface area (Å²) in [4.78, 5) is 0. The zero-order chi connectivity index (χ0) is 13.1. The molecule has 0 saturated carbocycles. The van der Waals surface area contributed by atoms with Crippen LogP contribution in [0.2, 0.25) is 0 Å². The van der Waals surface area contributed by atoms with Crippen LogP contribution in [0.25, 0.3) is 0 Å². The summed E-state index contributed by atoms with van der Waals surface area (Å²) in [6, 6.07) is 4.01. The van der Waals surface area contributed by atoms with E-state index in [1.165, 1.54) is 0 Å². The van der Waals surface area contributed by atoms with E-state index in [0.717, 1.165) is 12.1 Å². The first-order valence-electron chi connectivity index (χ1n) is 5.88. The van der Waals surface area contributed by atoms with Gasteiger partial charge in [0.05, 0.1) is 26.7 Å². The van der Waals surface area contributed by atoms with E-state index in [0.29, 0.717) is 22.5 Å². The Morgan fingerprint density at radius 2 is 1.72 bits per heavy atom. The van der Waals surface area contributed by atoms with Crippen molar-refractivity contribution in [2.75, 3.05) is 27.9 Å². The summed E-state index contributed by atoms with van der Waals surface area (Å²) < 4.78 is 16.0. The summed E-state index contributed by atoms with van der Waals surface area (Å²) in [7, 11) is 4.89. The molecule has 1 fully saturated rings. The number of methoxy groups -OCH3 is 3. The first-order valence-corrected chi connectivity index (χ1v) is 6.82. The second-order valence-electron chi connectivity index (χ2n) is 4.19. The molecular weight excluding hydrogens is 250 g/mol. The van der Waals surface area contributed by atoms with Gasteiger partial charge in [-0.3, -0.25) is 0 Å². The summed E-state index contributed by atoms with van der Waals surface area (Å²) in [6.07, 6.45) is 0. The normalized spacial score (nSPS) is 22.9. The van der Waals surface area contributed by atoms with Crippen LogP contribution in [0.3, 0.4) is 0 Å². The third kappa shape index (κ3) is 2.52. The minimum Gasteiger partial charge on any atom is -0.493 e. The summed E-state index contributed by atoms with van der Waals surface area (Å²) in [6.45, 7) is 3.24. The first kappa shape index (κ1) is 13.4. The van der Waals surface area contributed by atoms with Crippen LogP contribution in [0.15, 0.2) is 12.1 Å². The van der Waals surface area contributed by atoms with Gasteiger partial charge in [-0.2, -0.15) is 0 Å². The van der Waals surface area contributed by atoms with E-state index >= 15 is 0 Å². The number of hydrogen-bond acceptors (Lipinski definition) is 5. The lowest BCUT2D eigenvalue weighted by molar-refractivity contribution is 0.323. The molecular formula is C13H19NO3S. The van der Waals surface area contributed by atoms with Crippen molar-refractivity contribution < 1.29 is 14.2 Å². The molecule has 0 aromatic heterocycles. The van der Waals surface area contributed by atoms with Gasteiger partial charge in [-0.25, -0.2) is 0 Å². The van der Waals surface area contributed by atoms with Gasteiger partial charge < -0.3 is 19.5 Å². The lowest BCUT2D eigenvalue weighted by Crippen LogP contribution is -2.14. The molecule has 1 heterocycles. The van der Waals surface area contributed by atoms with Crippen molar-refractivity contribution in [3.63, 3.8) is 0 Å². The summed E-state index contributed by atoms with van der Waals surface area (Å²) in [5.41, 5.74) is 1.15. The highest BCUT2D eigenvalue weighted by Crippen LogP contribution is 2.43. The van der Waals surface area contributed by atoms with E-state index in [4.69, 9.17) is 14.2 Å². The zero-order valence-electron chi connectivity index (χ0n) is 11.1. The second kappa shape index (κ2) is 5.71. The minimum absolute atomic E-state index is 0.286. The molecule has 4 nitrogen and oxygen atoms in total. The molecule has 2 unspecified atom stereocenters. The van der Waals surface area contributed by atoms with Gasteiger partial charge in [0.1, 0.15) is 0 Å². The van der Waals surface area contributed by atoms with Gasteiger partial charge in [-0.05, 0) is 17.7 Å². The van der Waals surface area contributed by atoms with Crippen molar-refractivity contribution in [1.82, 2.24) is 5.32 Å². The Bertz CT molecular complexity index is 400. The van der Waals surface area contributed by atoms with Gasteiger partial charge in [0.25, 0.3) is 0 Å². The van der Waals surface area contributed by atoms with Crippen molar-refractivity contribution in [1.29, 1.82) is 0 Å². The van der Waals surface area contributed by atoms with Gasteiger partial charge >= 0.3 is 0 Å². The Morgan fingerprint density at radius 3 is 2.11 bits per heavy atom. The number of benzene rings is 1. The van der Waals surface area contributed by atoms with Crippen LogP contribution in [0, 0.1) is 0 Å². The molecule has 2 atom stereocenters. The molecule has 1 aliphatic rings. The lowest BCUT2D eigenvalue weighted by atomic mass is 10.1. The summed E-state index contributed by atoms with van der Waals surface area (Å²) in [5.74, 6) is 2.04. The molecule has 0 radical (unpaired) electrons. The average molecular weight is 269 g/mol. The molecule has 0 bridgehead atoms. The highest BCUT2D eigenvalue weighted by molar-refractivity contribution is 8.00. The number of nitrogens with one attached hydrogen (secondary N) is 1. The van der Waals surface area contributed by atoms with Crippen molar-refractivity contribution in [2.45, 2.75) is 17.5 Å². The Kier molecular flexibility index (Phi) is 4.24. The van der Waals surface area contributed by atoms with E-state index < -0.39 is 0 Å². The molecule has 5 heteroatoms. The second-order valence-corrected chi connectivity index (χ2v) is 5.74. The molecule has 0 aliphatic carbocycles. The van der Waals surface area contributed by atoms with Crippen LogP contribution in [0.4, 0.5) is 0 Å². The van der Waals surface area contributed by atoms with E-state index in [-0.39, 0.29) is 5.37 Å². The Balaban J connectivity index is 2.37. The van der Waals surface area contributed by atoms with E-state index in [2.05, 4.69) is 12.2 Å². The van der Waals surface area contributed by atoms with Crippen molar-refractivity contribution >= 4 is 11.8 Å². The number of ether oxygens (including phenoxy) is 3. The maximum Gasteiger partial charge on any atom is 0.203 e. The van der Waals surface area contributed by atoms with Gasteiger partial charge in [-0.1, -0.05) is 6.92 Å². The molecule has 2 rings (SSSR count). The standard InChI is InChI=1S/C13H19NO3S/c1-8-7-14-13(18-8)9-5-10(15-2)12(17-4)11(6-9)16-3/h5-6,8,13-14H,7H2,1-4H3. The van der Waals surface area contributed by atoms with Crippen LogP contribution < -0.4 is 19.5 Å². The number of hydrogen-bond donors (Lipinski definition) is 1. The van der Waals surface area contributed by atoms with E-state index in [9.17, 15) is 0 Å². The average Bonchev–Trinajstić information content (AvgIpc) is 2.83. The van der Waals surface area contributed by atoms with Crippen LogP contribution in [-0.4, -0.2) is 33.1 Å². The Hall–Kier alpha value is -1.07. The highest BCUT2D eigenvalue weighted by atomic mass is 32.2.